The Morgan fingerprint density at radius 3 is 2.73 bits per heavy atom. The second-order valence-corrected chi connectivity index (χ2v) is 6.33. The number of benzene rings is 2. The molecule has 0 fully saturated rings. The van der Waals surface area contributed by atoms with Gasteiger partial charge < -0.3 is 10.1 Å². The first-order valence-electron chi connectivity index (χ1n) is 6.21. The first-order chi connectivity index (χ1) is 10.5. The number of methoxy groups -OCH3 is 1. The quantitative estimate of drug-likeness (QED) is 0.551. The van der Waals surface area contributed by atoms with Gasteiger partial charge in [-0.25, -0.2) is 0 Å². The van der Waals surface area contributed by atoms with Crippen molar-refractivity contribution < 1.29 is 9.53 Å². The number of ether oxygens (including phenoxy) is 1. The Balaban J connectivity index is 2.03. The van der Waals surface area contributed by atoms with Crippen LogP contribution >= 0.6 is 46.4 Å². The number of halogens is 2. The zero-order valence-electron chi connectivity index (χ0n) is 11.5. The topological polar surface area (TPSA) is 50.4 Å². The van der Waals surface area contributed by atoms with Crippen LogP contribution in [0.25, 0.3) is 0 Å². The fraction of sp³-hybridized carbons (Fsp3) is 0.0667. The minimum Gasteiger partial charge on any atom is -0.497 e. The van der Waals surface area contributed by atoms with Gasteiger partial charge in [0.15, 0.2) is 5.11 Å². The van der Waals surface area contributed by atoms with E-state index >= 15 is 0 Å². The molecule has 2 rings (SSSR count). The van der Waals surface area contributed by atoms with Crippen molar-refractivity contribution in [3.63, 3.8) is 0 Å². The van der Waals surface area contributed by atoms with Gasteiger partial charge >= 0.3 is 0 Å². The van der Waals surface area contributed by atoms with Crippen LogP contribution in [-0.2, 0) is 0 Å². The molecule has 0 radical (unpaired) electrons. The van der Waals surface area contributed by atoms with Gasteiger partial charge in [0.25, 0.3) is 5.91 Å². The fourth-order valence-electron chi connectivity index (χ4n) is 1.68. The molecule has 2 aromatic carbocycles. The zero-order valence-corrected chi connectivity index (χ0v) is 15.3. The maximum atomic E-state index is 12.1. The number of carbonyl (C=O) groups excluding carboxylic acids is 1. The molecule has 0 bridgehead atoms. The normalized spacial score (nSPS) is 9.95. The van der Waals surface area contributed by atoms with Gasteiger partial charge in [0.2, 0.25) is 0 Å². The van der Waals surface area contributed by atoms with E-state index in [1.165, 1.54) is 0 Å². The SMILES string of the molecule is COc1cccc(C(=O)NC(=S)Nc2ccc(I)cc2Cl)c1. The Hall–Kier alpha value is -1.38. The summed E-state index contributed by atoms with van der Waals surface area (Å²) in [4.78, 5) is 12.1. The fourth-order valence-corrected chi connectivity index (χ4v) is 2.79. The highest BCUT2D eigenvalue weighted by Crippen LogP contribution is 2.23. The molecular formula is C15H12ClIN2O2S. The third-order valence-corrected chi connectivity index (χ3v) is 3.93. The van der Waals surface area contributed by atoms with Gasteiger partial charge in [0, 0.05) is 9.13 Å². The number of nitrogens with one attached hydrogen (secondary N) is 2. The number of hydrogen-bond acceptors (Lipinski definition) is 3. The minimum absolute atomic E-state index is 0.177. The lowest BCUT2D eigenvalue weighted by Gasteiger charge is -2.11. The van der Waals surface area contributed by atoms with Gasteiger partial charge in [-0.3, -0.25) is 10.1 Å². The molecule has 1 amide bonds. The molecule has 0 heterocycles. The Morgan fingerprint density at radius 2 is 2.05 bits per heavy atom. The molecule has 0 spiro atoms. The van der Waals surface area contributed by atoms with Crippen molar-refractivity contribution in [3.05, 3.63) is 56.6 Å². The Kier molecular flexibility index (Phi) is 5.98. The van der Waals surface area contributed by atoms with Crippen molar-refractivity contribution in [3.8, 4) is 5.75 Å². The van der Waals surface area contributed by atoms with Crippen molar-refractivity contribution >= 4 is 63.1 Å². The van der Waals surface area contributed by atoms with Gasteiger partial charge in [-0.05, 0) is 71.2 Å². The Morgan fingerprint density at radius 1 is 1.27 bits per heavy atom. The number of carbonyl (C=O) groups is 1. The maximum absolute atomic E-state index is 12.1. The van der Waals surface area contributed by atoms with Gasteiger partial charge in [-0.1, -0.05) is 17.7 Å². The smallest absolute Gasteiger partial charge is 0.257 e. The second kappa shape index (κ2) is 7.75. The summed E-state index contributed by atoms with van der Waals surface area (Å²) in [6, 6.07) is 12.3. The summed E-state index contributed by atoms with van der Waals surface area (Å²) in [5.74, 6) is 0.283. The molecule has 0 atom stereocenters. The van der Waals surface area contributed by atoms with Crippen LogP contribution in [0.4, 0.5) is 5.69 Å². The predicted molar refractivity (Wildman–Crippen MR) is 101 cm³/mol. The van der Waals surface area contributed by atoms with E-state index in [2.05, 4.69) is 33.2 Å². The largest absolute Gasteiger partial charge is 0.497 e. The van der Waals surface area contributed by atoms with Crippen molar-refractivity contribution in [1.82, 2.24) is 5.32 Å². The minimum atomic E-state index is -0.321. The van der Waals surface area contributed by atoms with Crippen LogP contribution in [0.1, 0.15) is 10.4 Å². The molecular weight excluding hydrogens is 435 g/mol. The molecule has 0 aliphatic rings. The van der Waals surface area contributed by atoms with E-state index in [1.54, 1.807) is 43.5 Å². The van der Waals surface area contributed by atoms with Gasteiger partial charge in [0.05, 0.1) is 17.8 Å². The van der Waals surface area contributed by atoms with E-state index in [9.17, 15) is 4.79 Å². The summed E-state index contributed by atoms with van der Waals surface area (Å²) in [6.07, 6.45) is 0. The lowest BCUT2D eigenvalue weighted by atomic mass is 10.2. The van der Waals surface area contributed by atoms with Crippen LogP contribution in [0.5, 0.6) is 5.75 Å². The van der Waals surface area contributed by atoms with E-state index < -0.39 is 0 Å². The molecule has 7 heteroatoms. The molecule has 22 heavy (non-hydrogen) atoms. The van der Waals surface area contributed by atoms with E-state index in [4.69, 9.17) is 28.6 Å². The van der Waals surface area contributed by atoms with Crippen LogP contribution in [-0.4, -0.2) is 18.1 Å². The molecule has 0 aliphatic heterocycles. The average molecular weight is 447 g/mol. The monoisotopic (exact) mass is 446 g/mol. The summed E-state index contributed by atoms with van der Waals surface area (Å²) >= 11 is 13.4. The maximum Gasteiger partial charge on any atom is 0.257 e. The number of thiocarbonyl (C=S) groups is 1. The highest BCUT2D eigenvalue weighted by Gasteiger charge is 2.10. The summed E-state index contributed by atoms with van der Waals surface area (Å²) in [5.41, 5.74) is 1.09. The predicted octanol–water partition coefficient (Wildman–Crippen LogP) is 4.08. The third-order valence-electron chi connectivity index (χ3n) is 2.74. The molecule has 0 aromatic heterocycles. The average Bonchev–Trinajstić information content (AvgIpc) is 2.50. The van der Waals surface area contributed by atoms with Crippen LogP contribution < -0.4 is 15.4 Å². The van der Waals surface area contributed by atoms with Crippen LogP contribution in [0.3, 0.4) is 0 Å². The molecule has 4 nitrogen and oxygen atoms in total. The molecule has 0 saturated heterocycles. The lowest BCUT2D eigenvalue weighted by molar-refractivity contribution is 0.0977. The van der Waals surface area contributed by atoms with Gasteiger partial charge in [0.1, 0.15) is 5.75 Å². The van der Waals surface area contributed by atoms with Crippen molar-refractivity contribution in [2.45, 2.75) is 0 Å². The Bertz CT molecular complexity index is 724. The summed E-state index contributed by atoms with van der Waals surface area (Å²) in [6.45, 7) is 0. The standard InChI is InChI=1S/C15H12ClIN2O2S/c1-21-11-4-2-3-9(7-11)14(20)19-15(22)18-13-6-5-10(17)8-12(13)16/h2-8H,1H3,(H2,18,19,20,22). The summed E-state index contributed by atoms with van der Waals surface area (Å²) in [5, 5.41) is 6.21. The van der Waals surface area contributed by atoms with Crippen LogP contribution in [0.2, 0.25) is 5.02 Å². The first-order valence-corrected chi connectivity index (χ1v) is 8.07. The summed E-state index contributed by atoms with van der Waals surface area (Å²) < 4.78 is 6.10. The zero-order chi connectivity index (χ0) is 16.1. The molecule has 114 valence electrons. The van der Waals surface area contributed by atoms with Crippen molar-refractivity contribution in [2.24, 2.45) is 0 Å². The number of hydrogen-bond donors (Lipinski definition) is 2. The van der Waals surface area contributed by atoms with Crippen molar-refractivity contribution in [2.75, 3.05) is 12.4 Å². The first kappa shape index (κ1) is 17.0. The van der Waals surface area contributed by atoms with E-state index in [1.807, 2.05) is 6.07 Å². The van der Waals surface area contributed by atoms with Crippen molar-refractivity contribution in [1.29, 1.82) is 0 Å². The number of anilines is 1. The lowest BCUT2D eigenvalue weighted by Crippen LogP contribution is -2.34. The number of amides is 1. The van der Waals surface area contributed by atoms with Gasteiger partial charge in [-0.2, -0.15) is 0 Å². The summed E-state index contributed by atoms with van der Waals surface area (Å²) in [7, 11) is 1.54. The number of rotatable bonds is 3. The van der Waals surface area contributed by atoms with E-state index in [0.29, 0.717) is 22.0 Å². The highest BCUT2D eigenvalue weighted by atomic mass is 127. The molecule has 0 saturated carbocycles. The highest BCUT2D eigenvalue weighted by molar-refractivity contribution is 14.1. The molecule has 0 unspecified atom stereocenters. The molecule has 2 aromatic rings. The molecule has 2 N–H and O–H groups in total. The molecule has 0 aliphatic carbocycles. The second-order valence-electron chi connectivity index (χ2n) is 4.26. The third kappa shape index (κ3) is 4.56. The van der Waals surface area contributed by atoms with Crippen LogP contribution in [0, 0.1) is 3.57 Å². The van der Waals surface area contributed by atoms with Gasteiger partial charge in [-0.15, -0.1) is 0 Å². The van der Waals surface area contributed by atoms with E-state index in [-0.39, 0.29) is 11.0 Å². The van der Waals surface area contributed by atoms with E-state index in [0.717, 1.165) is 3.57 Å². The van der Waals surface area contributed by atoms with Crippen LogP contribution in [0.15, 0.2) is 42.5 Å². The Labute approximate surface area is 152 Å².